The number of amides is 4. The molecule has 0 bridgehead atoms. The molecule has 0 aliphatic carbocycles. The molecule has 0 aromatic heterocycles. The number of rotatable bonds is 8. The van der Waals surface area contributed by atoms with Crippen molar-refractivity contribution in [2.24, 2.45) is 0 Å². The summed E-state index contributed by atoms with van der Waals surface area (Å²) in [6.45, 7) is 4.09. The van der Waals surface area contributed by atoms with Crippen molar-refractivity contribution in [1.82, 2.24) is 29.4 Å². The zero-order valence-corrected chi connectivity index (χ0v) is 26.3. The van der Waals surface area contributed by atoms with Gasteiger partial charge in [-0.2, -0.15) is 0 Å². The topological polar surface area (TPSA) is 106 Å². The SMILES string of the molecule is CCOC(=O)C12N3CN(Cc4ccc(Br)cc4)CN1C(=O)N1CN(Cc4ccc(Br)cc4)CN(C3=O)C12C(=O)OCC. The lowest BCUT2D eigenvalue weighted by molar-refractivity contribution is -0.208. The second-order valence-corrected chi connectivity index (χ2v) is 12.4. The van der Waals surface area contributed by atoms with Crippen LogP contribution >= 0.6 is 31.9 Å². The van der Waals surface area contributed by atoms with Crippen LogP contribution in [-0.2, 0) is 32.2 Å². The number of ether oxygens (including phenoxy) is 2. The highest BCUT2D eigenvalue weighted by molar-refractivity contribution is 9.10. The number of carbonyl (C=O) groups is 4. The van der Waals surface area contributed by atoms with Gasteiger partial charge < -0.3 is 9.47 Å². The first kappa shape index (κ1) is 28.9. The molecule has 222 valence electrons. The number of benzene rings is 2. The van der Waals surface area contributed by atoms with E-state index in [4.69, 9.17) is 9.47 Å². The van der Waals surface area contributed by atoms with Gasteiger partial charge in [-0.05, 0) is 49.2 Å². The van der Waals surface area contributed by atoms with E-state index in [-0.39, 0.29) is 39.9 Å². The first-order valence-electron chi connectivity index (χ1n) is 13.6. The Labute approximate surface area is 259 Å². The third kappa shape index (κ3) is 4.06. The maximum absolute atomic E-state index is 14.4. The summed E-state index contributed by atoms with van der Waals surface area (Å²) in [5.41, 5.74) is -2.19. The molecule has 6 rings (SSSR count). The number of urea groups is 2. The Hall–Kier alpha value is -3.20. The van der Waals surface area contributed by atoms with Crippen LogP contribution in [-0.4, -0.2) is 105 Å². The molecule has 0 unspecified atom stereocenters. The van der Waals surface area contributed by atoms with Crippen LogP contribution in [0.1, 0.15) is 25.0 Å². The predicted octanol–water partition coefficient (Wildman–Crippen LogP) is 3.37. The first-order chi connectivity index (χ1) is 20.2. The van der Waals surface area contributed by atoms with Gasteiger partial charge >= 0.3 is 24.0 Å². The van der Waals surface area contributed by atoms with Gasteiger partial charge in [0.1, 0.15) is 0 Å². The fourth-order valence-corrected chi connectivity index (χ4v) is 7.04. The summed E-state index contributed by atoms with van der Waals surface area (Å²) < 4.78 is 13.0. The van der Waals surface area contributed by atoms with Gasteiger partial charge in [-0.1, -0.05) is 56.1 Å². The lowest BCUT2D eigenvalue weighted by Gasteiger charge is -2.51. The molecule has 4 amide bonds. The highest BCUT2D eigenvalue weighted by atomic mass is 79.9. The van der Waals surface area contributed by atoms with Gasteiger partial charge in [0, 0.05) is 22.0 Å². The minimum absolute atomic E-state index is 0.00183. The highest BCUT2D eigenvalue weighted by Crippen LogP contribution is 2.56. The smallest absolute Gasteiger partial charge is 0.359 e. The van der Waals surface area contributed by atoms with E-state index < -0.39 is 35.3 Å². The molecule has 4 fully saturated rings. The van der Waals surface area contributed by atoms with E-state index in [1.807, 2.05) is 58.3 Å². The van der Waals surface area contributed by atoms with Crippen molar-refractivity contribution >= 4 is 55.9 Å². The maximum atomic E-state index is 14.4. The van der Waals surface area contributed by atoms with Crippen LogP contribution in [0.15, 0.2) is 57.5 Å². The minimum Gasteiger partial charge on any atom is -0.463 e. The third-order valence-electron chi connectivity index (χ3n) is 8.10. The summed E-state index contributed by atoms with van der Waals surface area (Å²) in [6, 6.07) is 14.3. The zero-order chi connectivity index (χ0) is 29.8. The van der Waals surface area contributed by atoms with Crippen LogP contribution in [0.25, 0.3) is 0 Å². The molecule has 2 aromatic rings. The lowest BCUT2D eigenvalue weighted by atomic mass is 9.89. The fraction of sp³-hybridized carbons (Fsp3) is 0.429. The van der Waals surface area contributed by atoms with Gasteiger partial charge in [-0.15, -0.1) is 0 Å². The molecule has 4 aliphatic rings. The van der Waals surface area contributed by atoms with E-state index in [0.29, 0.717) is 13.1 Å². The van der Waals surface area contributed by atoms with E-state index >= 15 is 0 Å². The Kier molecular flexibility index (Phi) is 7.44. The van der Waals surface area contributed by atoms with Gasteiger partial charge in [-0.25, -0.2) is 19.2 Å². The van der Waals surface area contributed by atoms with Crippen molar-refractivity contribution in [3.05, 3.63) is 68.6 Å². The molecule has 0 spiro atoms. The largest absolute Gasteiger partial charge is 0.463 e. The molecule has 0 saturated carbocycles. The molecule has 42 heavy (non-hydrogen) atoms. The van der Waals surface area contributed by atoms with Gasteiger partial charge in [-0.3, -0.25) is 29.4 Å². The molecule has 12 nitrogen and oxygen atoms in total. The Morgan fingerprint density at radius 2 is 0.952 bits per heavy atom. The van der Waals surface area contributed by atoms with Gasteiger partial charge in [0.2, 0.25) is 0 Å². The number of carbonyl (C=O) groups excluding carboxylic acids is 4. The number of halogens is 2. The van der Waals surface area contributed by atoms with Gasteiger partial charge in [0.05, 0.1) is 39.9 Å². The number of hydrogen-bond acceptors (Lipinski definition) is 8. The zero-order valence-electron chi connectivity index (χ0n) is 23.2. The normalized spacial score (nSPS) is 25.2. The van der Waals surface area contributed by atoms with Gasteiger partial charge in [0.15, 0.2) is 0 Å². The molecule has 14 heteroatoms. The Bertz CT molecular complexity index is 1280. The maximum Gasteiger partial charge on any atom is 0.359 e. The van der Waals surface area contributed by atoms with E-state index in [1.165, 1.54) is 19.6 Å². The van der Waals surface area contributed by atoms with Crippen LogP contribution in [0.5, 0.6) is 0 Å². The molecule has 0 atom stereocenters. The number of hydrogen-bond donors (Lipinski definition) is 0. The summed E-state index contributed by atoms with van der Waals surface area (Å²) in [4.78, 5) is 65.9. The van der Waals surface area contributed by atoms with E-state index in [1.54, 1.807) is 13.8 Å². The van der Waals surface area contributed by atoms with Crippen molar-refractivity contribution in [2.45, 2.75) is 38.3 Å². The first-order valence-corrected chi connectivity index (χ1v) is 15.2. The summed E-state index contributed by atoms with van der Waals surface area (Å²) in [7, 11) is 0. The third-order valence-corrected chi connectivity index (χ3v) is 9.15. The molecular formula is C28H30Br2N6O6. The van der Waals surface area contributed by atoms with Crippen LogP contribution in [0, 0.1) is 0 Å². The standard InChI is InChI=1S/C28H30Br2N6O6/c1-3-41-23(37)27-28(24(38)42-4-2)35-17-32(14-20-7-11-22(30)12-8-20)18-36(28)26(40)34(27)16-31(15-33(27)25(35)39)13-19-5-9-21(29)10-6-19/h5-12H,3-4,13-18H2,1-2H3. The Morgan fingerprint density at radius 1 is 0.643 bits per heavy atom. The van der Waals surface area contributed by atoms with Crippen molar-refractivity contribution < 1.29 is 28.7 Å². The highest BCUT2D eigenvalue weighted by Gasteiger charge is 2.89. The van der Waals surface area contributed by atoms with Crippen LogP contribution in [0.4, 0.5) is 9.59 Å². The van der Waals surface area contributed by atoms with E-state index in [9.17, 15) is 19.2 Å². The monoisotopic (exact) mass is 704 g/mol. The average Bonchev–Trinajstić information content (AvgIpc) is 3.34. The fourth-order valence-electron chi connectivity index (χ4n) is 6.51. The summed E-state index contributed by atoms with van der Waals surface area (Å²) >= 11 is 6.89. The number of nitrogens with zero attached hydrogens (tertiary/aromatic N) is 6. The minimum atomic E-state index is -2.05. The van der Waals surface area contributed by atoms with Gasteiger partial charge in [0.25, 0.3) is 11.3 Å². The predicted molar refractivity (Wildman–Crippen MR) is 156 cm³/mol. The van der Waals surface area contributed by atoms with Crippen LogP contribution in [0.3, 0.4) is 0 Å². The molecule has 2 aromatic carbocycles. The summed E-state index contributed by atoms with van der Waals surface area (Å²) in [6.07, 6.45) is 0. The van der Waals surface area contributed by atoms with Crippen molar-refractivity contribution in [2.75, 3.05) is 39.9 Å². The Balaban J connectivity index is 1.45. The quantitative estimate of drug-likeness (QED) is 0.385. The number of esters is 2. The van der Waals surface area contributed by atoms with E-state index in [2.05, 4.69) is 31.9 Å². The molecule has 0 N–H and O–H groups in total. The lowest BCUT2D eigenvalue weighted by Crippen LogP contribution is -2.80. The average molecular weight is 706 g/mol. The molecule has 4 heterocycles. The summed E-state index contributed by atoms with van der Waals surface area (Å²) in [5.74, 6) is -1.68. The summed E-state index contributed by atoms with van der Waals surface area (Å²) in [5, 5.41) is 0. The molecule has 0 radical (unpaired) electrons. The van der Waals surface area contributed by atoms with E-state index in [0.717, 1.165) is 20.1 Å². The Morgan fingerprint density at radius 3 is 1.24 bits per heavy atom. The second-order valence-electron chi connectivity index (χ2n) is 10.5. The second kappa shape index (κ2) is 10.8. The molecule has 4 aliphatic heterocycles. The van der Waals surface area contributed by atoms with Crippen molar-refractivity contribution in [1.29, 1.82) is 0 Å². The molecule has 4 saturated heterocycles. The van der Waals surface area contributed by atoms with Crippen molar-refractivity contribution in [3.63, 3.8) is 0 Å². The van der Waals surface area contributed by atoms with Crippen LogP contribution < -0.4 is 0 Å². The molecular weight excluding hydrogens is 676 g/mol. The van der Waals surface area contributed by atoms with Crippen molar-refractivity contribution in [3.8, 4) is 0 Å². The van der Waals surface area contributed by atoms with Crippen LogP contribution in [0.2, 0.25) is 0 Å².